The van der Waals surface area contributed by atoms with E-state index in [1.165, 1.54) is 60.0 Å². The molecule has 356 valence electrons. The highest BCUT2D eigenvalue weighted by molar-refractivity contribution is 7.80. The van der Waals surface area contributed by atoms with Crippen molar-refractivity contribution >= 4 is 40.2 Å². The average Bonchev–Trinajstić information content (AvgIpc) is 3.67. The molecule has 0 bridgehead atoms. The Bertz CT molecular complexity index is 1360. The number of amides is 1. The fourth-order valence-corrected chi connectivity index (χ4v) is 8.90. The number of ether oxygens (including phenoxy) is 4. The van der Waals surface area contributed by atoms with Gasteiger partial charge in [-0.25, -0.2) is 8.98 Å². The number of likely N-dealkylation sites (tertiary alicyclic amines) is 1. The second kappa shape index (κ2) is 32.8. The van der Waals surface area contributed by atoms with E-state index < -0.39 is 64.7 Å². The number of hydrogen-bond donors (Lipinski definition) is 2. The third kappa shape index (κ3) is 27.8. The third-order valence-electron chi connectivity index (χ3n) is 11.4. The molecule has 1 aliphatic heterocycles. The quantitative estimate of drug-likeness (QED) is 0.0262. The Kier molecular flexibility index (Phi) is 30.2. The summed E-state index contributed by atoms with van der Waals surface area (Å²) in [6.45, 7) is 8.63. The Hall–Kier alpha value is -2.82. The molecule has 0 aromatic rings. The van der Waals surface area contributed by atoms with Crippen LogP contribution in [0, 0.1) is 5.92 Å². The number of unbranched alkanes of at least 4 members (excludes halogenated alkanes) is 12. The molecule has 61 heavy (non-hydrogen) atoms. The van der Waals surface area contributed by atoms with Crippen molar-refractivity contribution in [3.05, 3.63) is 0 Å². The molecule has 0 spiro atoms. The first kappa shape index (κ1) is 56.2. The summed E-state index contributed by atoms with van der Waals surface area (Å²) >= 11 is 0. The molecule has 1 heterocycles. The fourth-order valence-electron chi connectivity index (χ4n) is 8.36. The van der Waals surface area contributed by atoms with Crippen LogP contribution in [0.4, 0.5) is 0 Å². The van der Waals surface area contributed by atoms with Gasteiger partial charge in [0, 0.05) is 33.7 Å². The molecule has 0 aromatic carbocycles. The SMILES string of the molecule is CCCCCCCC(C)CC(O)CCCCCCCC(CCCCC(OC(C)=O)C(OC(C)=O)C(CCCCCCC(=O)N1CCCC1C(=O)OC)OC(C)=O)OS(=O)(=O)O. The molecule has 0 aliphatic carbocycles. The molecule has 1 aliphatic rings. The Morgan fingerprint density at radius 1 is 0.672 bits per heavy atom. The molecule has 0 radical (unpaired) electrons. The van der Waals surface area contributed by atoms with Gasteiger partial charge in [-0.1, -0.05) is 104 Å². The Morgan fingerprint density at radius 2 is 1.15 bits per heavy atom. The molecule has 16 heteroatoms. The Labute approximate surface area is 367 Å². The summed E-state index contributed by atoms with van der Waals surface area (Å²) in [5, 5.41) is 10.5. The largest absolute Gasteiger partial charge is 0.467 e. The molecule has 0 saturated carbocycles. The lowest BCUT2D eigenvalue weighted by Gasteiger charge is -2.32. The van der Waals surface area contributed by atoms with Gasteiger partial charge in [-0.05, 0) is 76.5 Å². The maximum atomic E-state index is 12.8. The van der Waals surface area contributed by atoms with Gasteiger partial charge in [-0.15, -0.1) is 0 Å². The Morgan fingerprint density at radius 3 is 1.69 bits per heavy atom. The van der Waals surface area contributed by atoms with Crippen molar-refractivity contribution in [2.24, 2.45) is 5.92 Å². The predicted octanol–water partition coefficient (Wildman–Crippen LogP) is 8.51. The minimum Gasteiger partial charge on any atom is -0.467 e. The van der Waals surface area contributed by atoms with E-state index in [2.05, 4.69) is 13.8 Å². The summed E-state index contributed by atoms with van der Waals surface area (Å²) < 4.78 is 59.5. The summed E-state index contributed by atoms with van der Waals surface area (Å²) in [4.78, 5) is 63.1. The van der Waals surface area contributed by atoms with Crippen LogP contribution in [0.15, 0.2) is 0 Å². The van der Waals surface area contributed by atoms with Gasteiger partial charge in [-0.3, -0.25) is 23.7 Å². The van der Waals surface area contributed by atoms with Gasteiger partial charge in [-0.2, -0.15) is 8.42 Å². The van der Waals surface area contributed by atoms with E-state index in [9.17, 15) is 42.0 Å². The second-order valence-corrected chi connectivity index (χ2v) is 18.1. The van der Waals surface area contributed by atoms with Crippen LogP contribution in [-0.4, -0.2) is 103 Å². The molecule has 1 amide bonds. The van der Waals surface area contributed by atoms with E-state index in [0.29, 0.717) is 83.1 Å². The van der Waals surface area contributed by atoms with Crippen LogP contribution in [0.2, 0.25) is 0 Å². The van der Waals surface area contributed by atoms with E-state index in [1.54, 1.807) is 4.90 Å². The lowest BCUT2D eigenvalue weighted by Crippen LogP contribution is -2.45. The average molecular weight is 892 g/mol. The van der Waals surface area contributed by atoms with Crippen molar-refractivity contribution in [3.8, 4) is 0 Å². The standard InChI is InChI=1S/C45H81NO14S/c1-7-8-9-11-16-24-34(2)33-38(50)25-17-12-10-13-18-26-39(60-61(53,54)55)27-21-22-30-42(58-36(4)48)44(59-37(5)49)41(57-35(3)47)29-19-14-15-20-31-43(51)46-32-23-28-40(46)45(52)56-6/h34,38-42,44,50H,7-33H2,1-6H3,(H,53,54,55). The number of methoxy groups -OCH3 is 1. The van der Waals surface area contributed by atoms with Crippen LogP contribution < -0.4 is 0 Å². The van der Waals surface area contributed by atoms with Crippen molar-refractivity contribution in [2.75, 3.05) is 13.7 Å². The molecular weight excluding hydrogens is 811 g/mol. The highest BCUT2D eigenvalue weighted by atomic mass is 32.3. The van der Waals surface area contributed by atoms with Crippen LogP contribution in [0.25, 0.3) is 0 Å². The maximum absolute atomic E-state index is 12.8. The van der Waals surface area contributed by atoms with Gasteiger partial charge < -0.3 is 29.0 Å². The summed E-state index contributed by atoms with van der Waals surface area (Å²) in [5.41, 5.74) is 0. The molecule has 1 rings (SSSR count). The van der Waals surface area contributed by atoms with E-state index in [-0.39, 0.29) is 24.9 Å². The zero-order chi connectivity index (χ0) is 45.6. The monoisotopic (exact) mass is 892 g/mol. The molecule has 1 saturated heterocycles. The van der Waals surface area contributed by atoms with Gasteiger partial charge in [0.05, 0.1) is 19.3 Å². The minimum absolute atomic E-state index is 0.0947. The van der Waals surface area contributed by atoms with Gasteiger partial charge in [0.2, 0.25) is 5.91 Å². The molecule has 0 aromatic heterocycles. The van der Waals surface area contributed by atoms with E-state index in [4.69, 9.17) is 23.1 Å². The van der Waals surface area contributed by atoms with Gasteiger partial charge in [0.15, 0.2) is 6.10 Å². The number of aliphatic hydroxyl groups excluding tert-OH is 1. The zero-order valence-electron chi connectivity index (χ0n) is 38.3. The lowest BCUT2D eigenvalue weighted by atomic mass is 9.94. The van der Waals surface area contributed by atoms with Crippen molar-refractivity contribution in [2.45, 2.75) is 238 Å². The van der Waals surface area contributed by atoms with Gasteiger partial charge in [0.25, 0.3) is 0 Å². The number of nitrogens with zero attached hydrogens (tertiary/aromatic N) is 1. The number of rotatable bonds is 36. The van der Waals surface area contributed by atoms with Crippen LogP contribution in [-0.2, 0) is 57.5 Å². The number of carbonyl (C=O) groups excluding carboxylic acids is 5. The summed E-state index contributed by atoms with van der Waals surface area (Å²) in [6, 6.07) is -0.539. The second-order valence-electron chi connectivity index (χ2n) is 17.1. The highest BCUT2D eigenvalue weighted by Gasteiger charge is 2.37. The Balaban J connectivity index is 2.66. The fraction of sp³-hybridized carbons (Fsp3) is 0.889. The number of aliphatic hydroxyl groups is 1. The first-order valence-corrected chi connectivity index (χ1v) is 24.6. The van der Waals surface area contributed by atoms with Crippen LogP contribution >= 0.6 is 0 Å². The highest BCUT2D eigenvalue weighted by Crippen LogP contribution is 2.26. The zero-order valence-corrected chi connectivity index (χ0v) is 39.1. The van der Waals surface area contributed by atoms with E-state index >= 15 is 0 Å². The third-order valence-corrected chi connectivity index (χ3v) is 11.9. The van der Waals surface area contributed by atoms with Crippen molar-refractivity contribution in [1.29, 1.82) is 0 Å². The smallest absolute Gasteiger partial charge is 0.397 e. The molecule has 1 fully saturated rings. The summed E-state index contributed by atoms with van der Waals surface area (Å²) in [6.07, 6.45) is 15.5. The topological polar surface area (TPSA) is 209 Å². The molecule has 2 N–H and O–H groups in total. The lowest BCUT2D eigenvalue weighted by molar-refractivity contribution is -0.184. The molecular formula is C45H81NO14S. The number of esters is 4. The first-order valence-electron chi connectivity index (χ1n) is 23.2. The van der Waals surface area contributed by atoms with Crippen LogP contribution in [0.1, 0.15) is 202 Å². The van der Waals surface area contributed by atoms with Crippen LogP contribution in [0.3, 0.4) is 0 Å². The van der Waals surface area contributed by atoms with Crippen LogP contribution in [0.5, 0.6) is 0 Å². The molecule has 7 unspecified atom stereocenters. The predicted molar refractivity (Wildman–Crippen MR) is 231 cm³/mol. The number of carbonyl (C=O) groups is 5. The van der Waals surface area contributed by atoms with Crippen molar-refractivity contribution in [1.82, 2.24) is 4.90 Å². The van der Waals surface area contributed by atoms with E-state index in [1.807, 2.05) is 0 Å². The molecule has 7 atom stereocenters. The number of hydrogen-bond acceptors (Lipinski definition) is 13. The normalized spacial score (nSPS) is 17.2. The van der Waals surface area contributed by atoms with Crippen molar-refractivity contribution < 1.29 is 65.2 Å². The van der Waals surface area contributed by atoms with Gasteiger partial charge in [0.1, 0.15) is 18.2 Å². The first-order chi connectivity index (χ1) is 29.0. The molecule has 15 nitrogen and oxygen atoms in total. The van der Waals surface area contributed by atoms with Gasteiger partial charge >= 0.3 is 34.3 Å². The van der Waals surface area contributed by atoms with Crippen molar-refractivity contribution in [3.63, 3.8) is 0 Å². The summed E-state index contributed by atoms with van der Waals surface area (Å²) in [7, 11) is -3.38. The summed E-state index contributed by atoms with van der Waals surface area (Å²) in [5.74, 6) is -1.86. The minimum atomic E-state index is -4.69. The van der Waals surface area contributed by atoms with E-state index in [0.717, 1.165) is 51.4 Å². The maximum Gasteiger partial charge on any atom is 0.397 e.